The van der Waals surface area contributed by atoms with Gasteiger partial charge in [0.1, 0.15) is 11.1 Å². The Balaban J connectivity index is 3.47. The van der Waals surface area contributed by atoms with Crippen LogP contribution in [0.4, 0.5) is 17.6 Å². The number of halogens is 4. The summed E-state index contributed by atoms with van der Waals surface area (Å²) in [5.41, 5.74) is 1.64. The highest BCUT2D eigenvalue weighted by Gasteiger charge is 2.28. The number of benzene rings is 1. The zero-order valence-corrected chi connectivity index (χ0v) is 9.06. The van der Waals surface area contributed by atoms with Crippen LogP contribution in [0.2, 0.25) is 0 Å². The average molecular weight is 275 g/mol. The Hall–Kier alpha value is -2.56. The number of rotatable bonds is 2. The number of hydrogen-bond acceptors (Lipinski definition) is 2. The predicted octanol–water partition coefficient (Wildman–Crippen LogP) is 1.17. The summed E-state index contributed by atoms with van der Waals surface area (Å²) in [6, 6.07) is 0. The van der Waals surface area contributed by atoms with Gasteiger partial charge in [0.25, 0.3) is 0 Å². The molecule has 1 aromatic rings. The predicted molar refractivity (Wildman–Crippen MR) is 53.9 cm³/mol. The van der Waals surface area contributed by atoms with Crippen LogP contribution in [0.5, 0.6) is 0 Å². The van der Waals surface area contributed by atoms with E-state index < -0.39 is 52.7 Å². The number of amides is 1. The highest BCUT2D eigenvalue weighted by Crippen LogP contribution is 2.23. The summed E-state index contributed by atoms with van der Waals surface area (Å²) in [4.78, 5) is 20.8. The molecule has 1 aromatic carbocycles. The molecule has 0 unspecified atom stereocenters. The summed E-state index contributed by atoms with van der Waals surface area (Å²) in [5, 5.41) is 8.42. The Morgan fingerprint density at radius 2 is 1.53 bits per heavy atom. The number of nitrogens with two attached hydrogens (primary N) is 1. The van der Waals surface area contributed by atoms with E-state index in [1.165, 1.54) is 0 Å². The molecular formula is C11H5F4NO3. The first-order valence-electron chi connectivity index (χ1n) is 4.63. The molecule has 4 nitrogen and oxygen atoms in total. The quantitative estimate of drug-likeness (QED) is 0.483. The number of carboxylic acids is 1. The Morgan fingerprint density at radius 1 is 1.05 bits per heavy atom. The lowest BCUT2D eigenvalue weighted by molar-refractivity contribution is -0.117. The zero-order chi connectivity index (χ0) is 14.7. The number of primary amides is 1. The minimum Gasteiger partial charge on any atom is -0.477 e. The van der Waals surface area contributed by atoms with Crippen molar-refractivity contribution >= 4 is 11.9 Å². The van der Waals surface area contributed by atoms with Gasteiger partial charge in [-0.05, 0) is 0 Å². The Bertz CT molecular complexity index is 602. The third kappa shape index (κ3) is 2.82. The van der Waals surface area contributed by atoms with Crippen molar-refractivity contribution in [1.82, 2.24) is 0 Å². The molecule has 3 N–H and O–H groups in total. The second-order valence-electron chi connectivity index (χ2n) is 3.26. The first kappa shape index (κ1) is 14.5. The van der Waals surface area contributed by atoms with Crippen molar-refractivity contribution in [2.45, 2.75) is 6.42 Å². The number of hydrogen-bond donors (Lipinski definition) is 2. The molecule has 1 amide bonds. The van der Waals surface area contributed by atoms with E-state index in [9.17, 15) is 27.2 Å². The lowest BCUT2D eigenvalue weighted by atomic mass is 10.1. The van der Waals surface area contributed by atoms with Crippen LogP contribution in [0, 0.1) is 35.1 Å². The molecule has 0 aliphatic heterocycles. The molecule has 0 atom stereocenters. The largest absolute Gasteiger partial charge is 0.477 e. The summed E-state index contributed by atoms with van der Waals surface area (Å²) >= 11 is 0. The normalized spacial score (nSPS) is 9.68. The lowest BCUT2D eigenvalue weighted by Crippen LogP contribution is -2.12. The fourth-order valence-electron chi connectivity index (χ4n) is 1.15. The van der Waals surface area contributed by atoms with Crippen LogP contribution in [0.15, 0.2) is 0 Å². The molecule has 0 aliphatic carbocycles. The molecule has 0 heterocycles. The standard InChI is InChI=1S/C11H5F4NO3/c12-7-4(2-1-3-5(16)17)8(13)10(15)6(9(7)14)11(18)19/h3H2,(H2,16,17)(H,18,19). The van der Waals surface area contributed by atoms with Crippen molar-refractivity contribution in [3.8, 4) is 11.8 Å². The minimum atomic E-state index is -2.16. The maximum absolute atomic E-state index is 13.3. The fraction of sp³-hybridized carbons (Fsp3) is 0.0909. The van der Waals surface area contributed by atoms with Crippen molar-refractivity contribution in [2.24, 2.45) is 5.73 Å². The van der Waals surface area contributed by atoms with Gasteiger partial charge in [-0.2, -0.15) is 0 Å². The molecule has 0 saturated heterocycles. The van der Waals surface area contributed by atoms with Gasteiger partial charge in [-0.25, -0.2) is 22.4 Å². The maximum atomic E-state index is 13.3. The van der Waals surface area contributed by atoms with Crippen molar-refractivity contribution in [1.29, 1.82) is 0 Å². The lowest BCUT2D eigenvalue weighted by Gasteiger charge is -2.05. The summed E-state index contributed by atoms with van der Waals surface area (Å²) in [5.74, 6) is -7.53. The van der Waals surface area contributed by atoms with E-state index in [0.717, 1.165) is 0 Å². The summed E-state index contributed by atoms with van der Waals surface area (Å²) in [7, 11) is 0. The van der Waals surface area contributed by atoms with Gasteiger partial charge in [-0.1, -0.05) is 11.8 Å². The Kier molecular flexibility index (Phi) is 4.11. The molecule has 100 valence electrons. The van der Waals surface area contributed by atoms with Crippen molar-refractivity contribution in [3.63, 3.8) is 0 Å². The molecule has 0 aliphatic rings. The molecule has 0 fully saturated rings. The van der Waals surface area contributed by atoms with Crippen LogP contribution in [-0.2, 0) is 4.79 Å². The van der Waals surface area contributed by atoms with Crippen LogP contribution in [0.1, 0.15) is 22.3 Å². The second kappa shape index (κ2) is 5.39. The van der Waals surface area contributed by atoms with E-state index in [4.69, 9.17) is 10.8 Å². The SMILES string of the molecule is NC(=O)CC#Cc1c(F)c(F)c(C(=O)O)c(F)c1F. The summed E-state index contributed by atoms with van der Waals surface area (Å²) in [6.45, 7) is 0. The van der Waals surface area contributed by atoms with Gasteiger partial charge in [-0.3, -0.25) is 4.79 Å². The third-order valence-electron chi connectivity index (χ3n) is 1.95. The van der Waals surface area contributed by atoms with Crippen molar-refractivity contribution < 1.29 is 32.3 Å². The van der Waals surface area contributed by atoms with Gasteiger partial charge in [0.05, 0.1) is 6.42 Å². The Morgan fingerprint density at radius 3 is 1.89 bits per heavy atom. The average Bonchev–Trinajstić information content (AvgIpc) is 2.30. The summed E-state index contributed by atoms with van der Waals surface area (Å²) in [6.07, 6.45) is -0.581. The van der Waals surface area contributed by atoms with Gasteiger partial charge < -0.3 is 10.8 Å². The third-order valence-corrected chi connectivity index (χ3v) is 1.95. The van der Waals surface area contributed by atoms with E-state index >= 15 is 0 Å². The highest BCUT2D eigenvalue weighted by atomic mass is 19.2. The molecule has 0 aromatic heterocycles. The maximum Gasteiger partial charge on any atom is 0.341 e. The van der Waals surface area contributed by atoms with E-state index in [1.807, 2.05) is 5.92 Å². The van der Waals surface area contributed by atoms with Gasteiger partial charge in [-0.15, -0.1) is 0 Å². The highest BCUT2D eigenvalue weighted by molar-refractivity contribution is 5.88. The molecule has 0 saturated carbocycles. The molecular weight excluding hydrogens is 270 g/mol. The molecule has 0 radical (unpaired) electrons. The molecule has 19 heavy (non-hydrogen) atoms. The monoisotopic (exact) mass is 275 g/mol. The van der Waals surface area contributed by atoms with E-state index in [1.54, 1.807) is 5.92 Å². The van der Waals surface area contributed by atoms with E-state index in [-0.39, 0.29) is 0 Å². The fourth-order valence-corrected chi connectivity index (χ4v) is 1.15. The van der Waals surface area contributed by atoms with Gasteiger partial charge >= 0.3 is 5.97 Å². The van der Waals surface area contributed by atoms with Crippen LogP contribution >= 0.6 is 0 Å². The van der Waals surface area contributed by atoms with E-state index in [2.05, 4.69) is 0 Å². The number of carboxylic acid groups (broad SMARTS) is 1. The smallest absolute Gasteiger partial charge is 0.341 e. The number of carbonyl (C=O) groups is 2. The van der Waals surface area contributed by atoms with Crippen LogP contribution < -0.4 is 5.73 Å². The topological polar surface area (TPSA) is 80.4 Å². The van der Waals surface area contributed by atoms with E-state index in [0.29, 0.717) is 0 Å². The number of carbonyl (C=O) groups excluding carboxylic acids is 1. The van der Waals surface area contributed by atoms with Gasteiger partial charge in [0.15, 0.2) is 23.3 Å². The Labute approximate surface area is 103 Å². The molecule has 0 spiro atoms. The van der Waals surface area contributed by atoms with Crippen LogP contribution in [0.3, 0.4) is 0 Å². The minimum absolute atomic E-state index is 0.581. The van der Waals surface area contributed by atoms with Crippen LogP contribution in [0.25, 0.3) is 0 Å². The van der Waals surface area contributed by atoms with Crippen molar-refractivity contribution in [2.75, 3.05) is 0 Å². The molecule has 1 rings (SSSR count). The molecule has 8 heteroatoms. The van der Waals surface area contributed by atoms with Gasteiger partial charge in [0.2, 0.25) is 5.91 Å². The zero-order valence-electron chi connectivity index (χ0n) is 9.06. The second-order valence-corrected chi connectivity index (χ2v) is 3.26. The molecule has 0 bridgehead atoms. The van der Waals surface area contributed by atoms with Crippen LogP contribution in [-0.4, -0.2) is 17.0 Å². The first-order chi connectivity index (χ1) is 8.77. The number of aromatic carboxylic acids is 1. The van der Waals surface area contributed by atoms with Crippen molar-refractivity contribution in [3.05, 3.63) is 34.4 Å². The first-order valence-corrected chi connectivity index (χ1v) is 4.63. The van der Waals surface area contributed by atoms with Gasteiger partial charge in [0, 0.05) is 0 Å². The summed E-state index contributed by atoms with van der Waals surface area (Å²) < 4.78 is 53.1.